The van der Waals surface area contributed by atoms with Crippen LogP contribution in [-0.4, -0.2) is 9.13 Å². The zero-order valence-electron chi connectivity index (χ0n) is 30.5. The molecule has 56 heavy (non-hydrogen) atoms. The molecule has 0 N–H and O–H groups in total. The van der Waals surface area contributed by atoms with E-state index >= 15 is 0 Å². The van der Waals surface area contributed by atoms with Gasteiger partial charge in [-0.15, -0.1) is 0 Å². The summed E-state index contributed by atoms with van der Waals surface area (Å²) in [6.07, 6.45) is 0. The van der Waals surface area contributed by atoms with Crippen molar-refractivity contribution in [2.45, 2.75) is 0 Å². The van der Waals surface area contributed by atoms with Gasteiger partial charge in [0, 0.05) is 43.7 Å². The van der Waals surface area contributed by atoms with E-state index < -0.39 is 0 Å². The van der Waals surface area contributed by atoms with Crippen molar-refractivity contribution in [1.82, 2.24) is 9.13 Å². The molecule has 0 aliphatic rings. The van der Waals surface area contributed by atoms with Gasteiger partial charge < -0.3 is 9.13 Å². The highest BCUT2D eigenvalue weighted by Crippen LogP contribution is 2.50. The fourth-order valence-corrected chi connectivity index (χ4v) is 9.51. The molecule has 10 aromatic carbocycles. The van der Waals surface area contributed by atoms with Crippen molar-refractivity contribution in [3.05, 3.63) is 206 Å². The third-order valence-corrected chi connectivity index (χ3v) is 11.8. The summed E-state index contributed by atoms with van der Waals surface area (Å²) >= 11 is 0. The molecule has 0 saturated carbocycles. The van der Waals surface area contributed by atoms with Crippen molar-refractivity contribution in [1.29, 1.82) is 0 Å². The summed E-state index contributed by atoms with van der Waals surface area (Å²) in [5.74, 6) is 0. The molecule has 0 atom stereocenters. The molecule has 0 unspecified atom stereocenters. The van der Waals surface area contributed by atoms with Gasteiger partial charge in [-0.25, -0.2) is 0 Å². The number of hydrogen-bond acceptors (Lipinski definition) is 0. The molecule has 12 aromatic rings. The Bertz CT molecular complexity index is 3250. The van der Waals surface area contributed by atoms with Crippen LogP contribution >= 0.6 is 0 Å². The van der Waals surface area contributed by atoms with E-state index in [0.717, 1.165) is 11.4 Å². The summed E-state index contributed by atoms with van der Waals surface area (Å²) in [4.78, 5) is 0. The molecule has 0 fully saturated rings. The zero-order chi connectivity index (χ0) is 36.7. The van der Waals surface area contributed by atoms with Gasteiger partial charge in [-0.05, 0) is 92.3 Å². The molecule has 0 aliphatic heterocycles. The molecule has 2 heterocycles. The minimum atomic E-state index is 1.15. The maximum Gasteiger partial charge on any atom is 0.0633 e. The van der Waals surface area contributed by atoms with E-state index in [1.165, 1.54) is 98.2 Å². The summed E-state index contributed by atoms with van der Waals surface area (Å²) in [5, 5.41) is 12.6. The van der Waals surface area contributed by atoms with Crippen LogP contribution in [0, 0.1) is 0 Å². The van der Waals surface area contributed by atoms with Crippen molar-refractivity contribution >= 4 is 75.9 Å². The fraction of sp³-hybridized carbons (Fsp3) is 0. The third kappa shape index (κ3) is 4.38. The minimum absolute atomic E-state index is 1.15. The maximum atomic E-state index is 2.52. The van der Waals surface area contributed by atoms with Crippen LogP contribution in [0.25, 0.3) is 110 Å². The largest absolute Gasteiger partial charge is 0.309 e. The van der Waals surface area contributed by atoms with Crippen LogP contribution in [0.5, 0.6) is 0 Å². The monoisotopic (exact) mass is 710 g/mol. The molecular weight excluding hydrogens is 677 g/mol. The van der Waals surface area contributed by atoms with Crippen molar-refractivity contribution in [2.75, 3.05) is 0 Å². The van der Waals surface area contributed by atoms with E-state index in [1.54, 1.807) is 0 Å². The van der Waals surface area contributed by atoms with Crippen molar-refractivity contribution in [3.63, 3.8) is 0 Å². The van der Waals surface area contributed by atoms with Crippen LogP contribution in [0.2, 0.25) is 0 Å². The minimum Gasteiger partial charge on any atom is -0.309 e. The second kappa shape index (κ2) is 12.0. The number of benzene rings is 10. The summed E-state index contributed by atoms with van der Waals surface area (Å²) in [7, 11) is 0. The van der Waals surface area contributed by atoms with Crippen LogP contribution in [0.1, 0.15) is 0 Å². The van der Waals surface area contributed by atoms with Crippen LogP contribution < -0.4 is 0 Å². The molecule has 0 aliphatic carbocycles. The normalized spacial score (nSPS) is 11.9. The summed E-state index contributed by atoms with van der Waals surface area (Å²) < 4.78 is 5.05. The highest BCUT2D eigenvalue weighted by Gasteiger charge is 2.26. The van der Waals surface area contributed by atoms with Gasteiger partial charge in [-0.2, -0.15) is 0 Å². The van der Waals surface area contributed by atoms with Crippen LogP contribution in [0.4, 0.5) is 0 Å². The number of para-hydroxylation sites is 2. The summed E-state index contributed by atoms with van der Waals surface area (Å²) in [6, 6.07) is 75.6. The average Bonchev–Trinajstić information content (AvgIpc) is 3.81. The third-order valence-electron chi connectivity index (χ3n) is 11.8. The molecule has 260 valence electrons. The first-order valence-corrected chi connectivity index (χ1v) is 19.4. The van der Waals surface area contributed by atoms with Gasteiger partial charge in [0.1, 0.15) is 0 Å². The Morgan fingerprint density at radius 1 is 0.232 bits per heavy atom. The predicted octanol–water partition coefficient (Wildman–Crippen LogP) is 14.7. The summed E-state index contributed by atoms with van der Waals surface area (Å²) in [5.41, 5.74) is 12.0. The van der Waals surface area contributed by atoms with Crippen LogP contribution in [0.15, 0.2) is 206 Å². The molecule has 2 heteroatoms. The Balaban J connectivity index is 1.38. The molecule has 12 rings (SSSR count). The zero-order valence-corrected chi connectivity index (χ0v) is 30.5. The standard InChI is InChI=1S/C54H34N2/c1-5-17-35(18-6-1)37-29-31-47-45(33-37)49-41-25-13-15-27-43(41)52-51(53(49)55(47)39-21-9-3-10-22-39)44-28-16-14-26-42(44)50-46-34-38(36-19-7-2-8-20-36)30-32-48(46)56(54(50)52)40-23-11-4-12-24-40/h1-34H. The Morgan fingerprint density at radius 2 is 0.554 bits per heavy atom. The smallest absolute Gasteiger partial charge is 0.0633 e. The van der Waals surface area contributed by atoms with Gasteiger partial charge in [-0.1, -0.05) is 158 Å². The summed E-state index contributed by atoms with van der Waals surface area (Å²) in [6.45, 7) is 0. The first-order valence-electron chi connectivity index (χ1n) is 19.4. The molecule has 0 spiro atoms. The topological polar surface area (TPSA) is 9.86 Å². The van der Waals surface area contributed by atoms with Crippen LogP contribution in [0.3, 0.4) is 0 Å². The Morgan fingerprint density at radius 3 is 0.929 bits per heavy atom. The quantitative estimate of drug-likeness (QED) is 0.161. The second-order valence-electron chi connectivity index (χ2n) is 14.8. The molecular formula is C54H34N2. The second-order valence-corrected chi connectivity index (χ2v) is 14.8. The van der Waals surface area contributed by atoms with Gasteiger partial charge in [0.25, 0.3) is 0 Å². The fourth-order valence-electron chi connectivity index (χ4n) is 9.51. The van der Waals surface area contributed by atoms with E-state index in [-0.39, 0.29) is 0 Å². The van der Waals surface area contributed by atoms with E-state index in [9.17, 15) is 0 Å². The molecule has 0 amide bonds. The van der Waals surface area contributed by atoms with Gasteiger partial charge in [-0.3, -0.25) is 0 Å². The van der Waals surface area contributed by atoms with Crippen molar-refractivity contribution < 1.29 is 0 Å². The number of aromatic nitrogens is 2. The number of nitrogens with zero attached hydrogens (tertiary/aromatic N) is 2. The average molecular weight is 711 g/mol. The van der Waals surface area contributed by atoms with E-state index in [0.29, 0.717) is 0 Å². The van der Waals surface area contributed by atoms with Gasteiger partial charge in [0.15, 0.2) is 0 Å². The highest BCUT2D eigenvalue weighted by atomic mass is 15.0. The number of rotatable bonds is 4. The molecule has 0 bridgehead atoms. The lowest BCUT2D eigenvalue weighted by Crippen LogP contribution is -1.98. The van der Waals surface area contributed by atoms with Gasteiger partial charge in [0.2, 0.25) is 0 Å². The molecule has 0 saturated heterocycles. The predicted molar refractivity (Wildman–Crippen MR) is 239 cm³/mol. The van der Waals surface area contributed by atoms with Gasteiger partial charge in [0.05, 0.1) is 22.1 Å². The Kier molecular flexibility index (Phi) is 6.66. The van der Waals surface area contributed by atoms with Crippen molar-refractivity contribution in [2.24, 2.45) is 0 Å². The van der Waals surface area contributed by atoms with Crippen molar-refractivity contribution in [3.8, 4) is 33.6 Å². The molecule has 2 nitrogen and oxygen atoms in total. The molecule has 2 aromatic heterocycles. The number of hydrogen-bond donors (Lipinski definition) is 0. The van der Waals surface area contributed by atoms with E-state index in [1.807, 2.05) is 0 Å². The lowest BCUT2D eigenvalue weighted by molar-refractivity contribution is 1.18. The lowest BCUT2D eigenvalue weighted by Gasteiger charge is -2.17. The SMILES string of the molecule is c1ccc(-c2ccc3c(c2)c2c4ccccc4c4c(c5ccccc5c5c6cc(-c7ccccc7)ccc6n(-c6ccccc6)c54)c2n3-c2ccccc2)cc1. The molecule has 0 radical (unpaired) electrons. The first kappa shape index (κ1) is 31.0. The first-order chi connectivity index (χ1) is 27.8. The van der Waals surface area contributed by atoms with Gasteiger partial charge >= 0.3 is 0 Å². The Labute approximate surface area is 323 Å². The van der Waals surface area contributed by atoms with Crippen LogP contribution in [-0.2, 0) is 0 Å². The van der Waals surface area contributed by atoms with E-state index in [4.69, 9.17) is 0 Å². The van der Waals surface area contributed by atoms with E-state index in [2.05, 4.69) is 215 Å². The highest BCUT2D eigenvalue weighted by molar-refractivity contribution is 6.44. The number of fused-ring (bicyclic) bond motifs is 15. The lowest BCUT2D eigenvalue weighted by atomic mass is 9.90. The maximum absolute atomic E-state index is 2.52. The Hall–Kier alpha value is -7.42.